The maximum atomic E-state index is 13.5. The summed E-state index contributed by atoms with van der Waals surface area (Å²) < 4.78 is 27.9. The molecule has 3 saturated heterocycles. The fourth-order valence-electron chi connectivity index (χ4n) is 5.26. The van der Waals surface area contributed by atoms with Crippen LogP contribution in [0.2, 0.25) is 0 Å². The highest BCUT2D eigenvalue weighted by Gasteiger charge is 2.50. The van der Waals surface area contributed by atoms with Crippen LogP contribution in [0.3, 0.4) is 0 Å². The maximum absolute atomic E-state index is 13.5. The smallest absolute Gasteiger partial charge is 0.245 e. The summed E-state index contributed by atoms with van der Waals surface area (Å²) in [4.78, 5) is 28.1. The number of carbonyl (C=O) groups is 2. The van der Waals surface area contributed by atoms with Gasteiger partial charge in [0.1, 0.15) is 6.04 Å². The molecule has 9 heteroatoms. The summed E-state index contributed by atoms with van der Waals surface area (Å²) in [5, 5.41) is 5.81. The van der Waals surface area contributed by atoms with Crippen LogP contribution in [0.25, 0.3) is 0 Å². The number of hydrogen-bond donors (Lipinski definition) is 2. The molecule has 0 saturated carbocycles. The SMILES string of the molecule is CN[C@@H](C)C(=O)N[C@H]1CCC[C@H]2C[C@H]3CCN(S(=O)(=O)c4ccccc4)C[C@H]3N2C1=O. The first-order chi connectivity index (χ1) is 14.8. The second-order valence-electron chi connectivity index (χ2n) is 8.93. The van der Waals surface area contributed by atoms with Crippen LogP contribution in [-0.2, 0) is 19.6 Å². The molecule has 0 bridgehead atoms. The van der Waals surface area contributed by atoms with Gasteiger partial charge in [-0.2, -0.15) is 4.31 Å². The molecule has 170 valence electrons. The highest BCUT2D eigenvalue weighted by molar-refractivity contribution is 7.89. The van der Waals surface area contributed by atoms with E-state index in [0.29, 0.717) is 25.4 Å². The van der Waals surface area contributed by atoms with Crippen molar-refractivity contribution in [2.45, 2.75) is 68.1 Å². The third-order valence-electron chi connectivity index (χ3n) is 7.12. The van der Waals surface area contributed by atoms with Crippen LogP contribution in [0.1, 0.15) is 39.0 Å². The number of fused-ring (bicyclic) bond motifs is 3. The molecule has 0 unspecified atom stereocenters. The van der Waals surface area contributed by atoms with Gasteiger partial charge >= 0.3 is 0 Å². The summed E-state index contributed by atoms with van der Waals surface area (Å²) in [6.45, 7) is 2.56. The molecule has 1 aromatic carbocycles. The molecule has 2 amide bonds. The molecule has 3 fully saturated rings. The number of carbonyl (C=O) groups excluding carboxylic acids is 2. The summed E-state index contributed by atoms with van der Waals surface area (Å²) in [6, 6.07) is 7.55. The van der Waals surface area contributed by atoms with Gasteiger partial charge in [0.15, 0.2) is 0 Å². The summed E-state index contributed by atoms with van der Waals surface area (Å²) >= 11 is 0. The lowest BCUT2D eigenvalue weighted by Gasteiger charge is -2.39. The van der Waals surface area contributed by atoms with Crippen molar-refractivity contribution in [3.63, 3.8) is 0 Å². The second kappa shape index (κ2) is 8.88. The topological polar surface area (TPSA) is 98.8 Å². The zero-order valence-electron chi connectivity index (χ0n) is 18.2. The van der Waals surface area contributed by atoms with Gasteiger partial charge in [0, 0.05) is 25.2 Å². The number of nitrogens with one attached hydrogen (secondary N) is 2. The second-order valence-corrected chi connectivity index (χ2v) is 10.9. The van der Waals surface area contributed by atoms with E-state index in [9.17, 15) is 18.0 Å². The highest BCUT2D eigenvalue weighted by atomic mass is 32.2. The predicted octanol–water partition coefficient (Wildman–Crippen LogP) is 0.943. The van der Waals surface area contributed by atoms with Gasteiger partial charge in [-0.05, 0) is 64.1 Å². The van der Waals surface area contributed by atoms with Gasteiger partial charge < -0.3 is 15.5 Å². The van der Waals surface area contributed by atoms with Crippen molar-refractivity contribution in [1.82, 2.24) is 19.8 Å². The molecule has 0 spiro atoms. The molecule has 3 aliphatic heterocycles. The first-order valence-electron chi connectivity index (χ1n) is 11.2. The Bertz CT molecular complexity index is 923. The van der Waals surface area contributed by atoms with Crippen molar-refractivity contribution < 1.29 is 18.0 Å². The number of amides is 2. The number of rotatable bonds is 5. The highest BCUT2D eigenvalue weighted by Crippen LogP contribution is 2.40. The standard InChI is InChI=1S/C22H32N4O4S/c1-15(23-2)21(27)24-19-10-6-7-17-13-16-11-12-25(14-20(16)26(17)22(19)28)31(29,30)18-8-4-3-5-9-18/h3-5,8-9,15-17,19-20,23H,6-7,10-14H2,1-2H3,(H,24,27)/t15-,16+,17-,19-,20+/m0/s1. The van der Waals surface area contributed by atoms with Gasteiger partial charge in [-0.25, -0.2) is 8.42 Å². The molecule has 0 radical (unpaired) electrons. The molecule has 5 atom stereocenters. The summed E-state index contributed by atoms with van der Waals surface area (Å²) in [5.74, 6) is 0.0550. The Labute approximate surface area is 184 Å². The van der Waals surface area contributed by atoms with Crippen LogP contribution in [0, 0.1) is 5.92 Å². The van der Waals surface area contributed by atoms with Crippen molar-refractivity contribution in [3.8, 4) is 0 Å². The minimum absolute atomic E-state index is 0.0642. The predicted molar refractivity (Wildman–Crippen MR) is 117 cm³/mol. The van der Waals surface area contributed by atoms with Gasteiger partial charge in [0.05, 0.1) is 10.9 Å². The van der Waals surface area contributed by atoms with E-state index in [-0.39, 0.29) is 34.8 Å². The Balaban J connectivity index is 1.54. The summed E-state index contributed by atoms with van der Waals surface area (Å²) in [6.07, 6.45) is 4.07. The molecular weight excluding hydrogens is 416 g/mol. The van der Waals surface area contributed by atoms with Crippen LogP contribution < -0.4 is 10.6 Å². The van der Waals surface area contributed by atoms with Crippen molar-refractivity contribution in [2.24, 2.45) is 5.92 Å². The Kier molecular flexibility index (Phi) is 6.37. The Morgan fingerprint density at radius 3 is 2.61 bits per heavy atom. The van der Waals surface area contributed by atoms with Gasteiger partial charge in [0.2, 0.25) is 21.8 Å². The normalized spacial score (nSPS) is 30.3. The lowest BCUT2D eigenvalue weighted by molar-refractivity contribution is -0.139. The third kappa shape index (κ3) is 4.23. The van der Waals surface area contributed by atoms with Gasteiger partial charge in [-0.15, -0.1) is 0 Å². The number of piperidine rings is 1. The summed E-state index contributed by atoms with van der Waals surface area (Å²) in [5.41, 5.74) is 0. The Morgan fingerprint density at radius 1 is 1.16 bits per heavy atom. The molecule has 1 aromatic rings. The van der Waals surface area contributed by atoms with E-state index in [1.807, 2.05) is 4.90 Å². The fraction of sp³-hybridized carbons (Fsp3) is 0.636. The number of nitrogens with zero attached hydrogens (tertiary/aromatic N) is 2. The van der Waals surface area contributed by atoms with E-state index >= 15 is 0 Å². The third-order valence-corrected chi connectivity index (χ3v) is 9.00. The first kappa shape index (κ1) is 22.2. The van der Waals surface area contributed by atoms with Crippen LogP contribution in [0.15, 0.2) is 35.2 Å². The van der Waals surface area contributed by atoms with E-state index in [4.69, 9.17) is 0 Å². The van der Waals surface area contributed by atoms with Gasteiger partial charge in [0.25, 0.3) is 0 Å². The fourth-order valence-corrected chi connectivity index (χ4v) is 6.75. The summed E-state index contributed by atoms with van der Waals surface area (Å²) in [7, 11) is -1.88. The molecule has 0 aromatic heterocycles. The zero-order chi connectivity index (χ0) is 22.2. The molecule has 31 heavy (non-hydrogen) atoms. The number of benzene rings is 1. The largest absolute Gasteiger partial charge is 0.343 e. The molecule has 4 rings (SSSR count). The zero-order valence-corrected chi connectivity index (χ0v) is 19.0. The lowest BCUT2D eigenvalue weighted by Crippen LogP contribution is -2.57. The maximum Gasteiger partial charge on any atom is 0.245 e. The number of hydrogen-bond acceptors (Lipinski definition) is 5. The van der Waals surface area contributed by atoms with E-state index in [1.54, 1.807) is 44.3 Å². The quantitative estimate of drug-likeness (QED) is 0.699. The molecular formula is C22H32N4O4S. The van der Waals surface area contributed by atoms with Crippen molar-refractivity contribution in [3.05, 3.63) is 30.3 Å². The molecule has 2 N–H and O–H groups in total. The Hall–Kier alpha value is -1.97. The molecule has 3 aliphatic rings. The number of sulfonamides is 1. The van der Waals surface area contributed by atoms with Crippen LogP contribution >= 0.6 is 0 Å². The van der Waals surface area contributed by atoms with Crippen molar-refractivity contribution in [2.75, 3.05) is 20.1 Å². The van der Waals surface area contributed by atoms with Gasteiger partial charge in [-0.3, -0.25) is 9.59 Å². The van der Waals surface area contributed by atoms with Crippen LogP contribution in [0.5, 0.6) is 0 Å². The van der Waals surface area contributed by atoms with Gasteiger partial charge in [-0.1, -0.05) is 18.2 Å². The van der Waals surface area contributed by atoms with E-state index in [2.05, 4.69) is 10.6 Å². The van der Waals surface area contributed by atoms with E-state index in [1.165, 1.54) is 4.31 Å². The first-order valence-corrected chi connectivity index (χ1v) is 12.6. The molecule has 0 aliphatic carbocycles. The van der Waals surface area contributed by atoms with Crippen LogP contribution in [0.4, 0.5) is 0 Å². The minimum Gasteiger partial charge on any atom is -0.343 e. The molecule has 8 nitrogen and oxygen atoms in total. The Morgan fingerprint density at radius 2 is 1.90 bits per heavy atom. The van der Waals surface area contributed by atoms with Crippen molar-refractivity contribution >= 4 is 21.8 Å². The molecule has 3 heterocycles. The average Bonchev–Trinajstić information content (AvgIpc) is 3.07. The lowest BCUT2D eigenvalue weighted by atomic mass is 9.91. The number of likely N-dealkylation sites (N-methyl/N-ethyl adjacent to an activating group) is 1. The minimum atomic E-state index is -3.59. The van der Waals surface area contributed by atoms with Crippen molar-refractivity contribution in [1.29, 1.82) is 0 Å². The monoisotopic (exact) mass is 448 g/mol. The van der Waals surface area contributed by atoms with Crippen LogP contribution in [-0.4, -0.2) is 73.7 Å². The van der Waals surface area contributed by atoms with E-state index < -0.39 is 16.1 Å². The average molecular weight is 449 g/mol. The van der Waals surface area contributed by atoms with E-state index in [0.717, 1.165) is 25.7 Å².